The minimum atomic E-state index is -0.537. The highest BCUT2D eigenvalue weighted by molar-refractivity contribution is 9.10. The van der Waals surface area contributed by atoms with Crippen LogP contribution >= 0.6 is 15.9 Å². The van der Waals surface area contributed by atoms with E-state index in [2.05, 4.69) is 15.9 Å². The van der Waals surface area contributed by atoms with Gasteiger partial charge in [0.25, 0.3) is 5.91 Å². The molecule has 0 bridgehead atoms. The molecule has 2 aliphatic rings. The number of hydrogen-bond acceptors (Lipinski definition) is 4. The Morgan fingerprint density at radius 3 is 2.79 bits per heavy atom. The summed E-state index contributed by atoms with van der Waals surface area (Å²) in [6.07, 6.45) is -0.349. The Labute approximate surface area is 149 Å². The number of carbonyl (C=O) groups is 2. The van der Waals surface area contributed by atoms with Crippen LogP contribution in [-0.4, -0.2) is 59.7 Å². The quantitative estimate of drug-likeness (QED) is 0.676. The average Bonchev–Trinajstić information content (AvgIpc) is 2.63. The second-order valence-electron chi connectivity index (χ2n) is 7.00. The third-order valence-corrected chi connectivity index (χ3v) is 4.68. The number of carbonyl (C=O) groups excluding carboxylic acids is 2. The van der Waals surface area contributed by atoms with E-state index in [-0.39, 0.29) is 18.0 Å². The molecular formula is C17H21BrN2O4. The summed E-state index contributed by atoms with van der Waals surface area (Å²) in [5.74, 6) is 0.511. The molecule has 1 aromatic carbocycles. The van der Waals surface area contributed by atoms with Crippen molar-refractivity contribution in [1.29, 1.82) is 0 Å². The van der Waals surface area contributed by atoms with Crippen LogP contribution in [0.2, 0.25) is 0 Å². The zero-order valence-electron chi connectivity index (χ0n) is 14.0. The van der Waals surface area contributed by atoms with Crippen LogP contribution in [0.3, 0.4) is 0 Å². The van der Waals surface area contributed by atoms with Crippen molar-refractivity contribution in [2.24, 2.45) is 0 Å². The lowest BCUT2D eigenvalue weighted by Crippen LogP contribution is -2.58. The molecule has 2 aliphatic heterocycles. The van der Waals surface area contributed by atoms with Gasteiger partial charge in [0.15, 0.2) is 0 Å². The zero-order chi connectivity index (χ0) is 17.5. The van der Waals surface area contributed by atoms with Crippen molar-refractivity contribution in [3.8, 4) is 5.75 Å². The van der Waals surface area contributed by atoms with Crippen LogP contribution in [-0.2, 0) is 4.74 Å². The van der Waals surface area contributed by atoms with Gasteiger partial charge in [-0.2, -0.15) is 0 Å². The van der Waals surface area contributed by atoms with Gasteiger partial charge in [-0.1, -0.05) is 6.07 Å². The van der Waals surface area contributed by atoms with Crippen molar-refractivity contribution >= 4 is 27.9 Å². The monoisotopic (exact) mass is 396 g/mol. The van der Waals surface area contributed by atoms with Gasteiger partial charge in [0.2, 0.25) is 0 Å². The number of fused-ring (bicyclic) bond motifs is 2. The fourth-order valence-electron chi connectivity index (χ4n) is 2.92. The van der Waals surface area contributed by atoms with Crippen molar-refractivity contribution in [2.75, 3.05) is 26.2 Å². The van der Waals surface area contributed by atoms with Crippen molar-refractivity contribution < 1.29 is 19.1 Å². The molecular weight excluding hydrogens is 376 g/mol. The lowest BCUT2D eigenvalue weighted by molar-refractivity contribution is 0.000942. The molecule has 1 aromatic rings. The zero-order valence-corrected chi connectivity index (χ0v) is 15.6. The molecule has 0 saturated carbocycles. The highest BCUT2D eigenvalue weighted by atomic mass is 79.9. The minimum Gasteiger partial charge on any atom is -0.490 e. The third-order valence-electron chi connectivity index (χ3n) is 4.02. The largest absolute Gasteiger partial charge is 0.490 e. The first kappa shape index (κ1) is 17.1. The Morgan fingerprint density at radius 1 is 1.33 bits per heavy atom. The summed E-state index contributed by atoms with van der Waals surface area (Å²) in [5.41, 5.74) is 0.0103. The molecule has 7 heteroatoms. The van der Waals surface area contributed by atoms with Gasteiger partial charge in [-0.15, -0.1) is 0 Å². The van der Waals surface area contributed by atoms with E-state index in [9.17, 15) is 9.59 Å². The van der Waals surface area contributed by atoms with E-state index in [0.29, 0.717) is 37.6 Å². The predicted octanol–water partition coefficient (Wildman–Crippen LogP) is 2.90. The fraction of sp³-hybridized carbons (Fsp3) is 0.529. The second-order valence-corrected chi connectivity index (χ2v) is 7.86. The predicted molar refractivity (Wildman–Crippen MR) is 92.3 cm³/mol. The second kappa shape index (κ2) is 6.27. The molecule has 0 aromatic heterocycles. The van der Waals surface area contributed by atoms with Crippen molar-refractivity contribution in [2.45, 2.75) is 32.4 Å². The van der Waals surface area contributed by atoms with Gasteiger partial charge < -0.3 is 19.3 Å². The van der Waals surface area contributed by atoms with Gasteiger partial charge >= 0.3 is 6.09 Å². The smallest absolute Gasteiger partial charge is 0.410 e. The van der Waals surface area contributed by atoms with E-state index in [0.717, 1.165) is 4.47 Å². The Morgan fingerprint density at radius 2 is 2.08 bits per heavy atom. The maximum Gasteiger partial charge on any atom is 0.410 e. The van der Waals surface area contributed by atoms with Gasteiger partial charge in [0, 0.05) is 24.1 Å². The third kappa shape index (κ3) is 3.36. The molecule has 6 nitrogen and oxygen atoms in total. The van der Waals surface area contributed by atoms with Crippen LogP contribution in [0.15, 0.2) is 22.7 Å². The number of rotatable bonds is 0. The number of nitrogens with zero attached hydrogens (tertiary/aromatic N) is 2. The maximum atomic E-state index is 12.9. The van der Waals surface area contributed by atoms with Crippen molar-refractivity contribution in [3.63, 3.8) is 0 Å². The molecule has 1 saturated heterocycles. The van der Waals surface area contributed by atoms with Crippen molar-refractivity contribution in [3.05, 3.63) is 28.2 Å². The van der Waals surface area contributed by atoms with Crippen LogP contribution in [0.5, 0.6) is 5.75 Å². The van der Waals surface area contributed by atoms with E-state index in [1.165, 1.54) is 0 Å². The van der Waals surface area contributed by atoms with Crippen LogP contribution in [0.4, 0.5) is 4.79 Å². The van der Waals surface area contributed by atoms with Gasteiger partial charge in [0.1, 0.15) is 18.0 Å². The van der Waals surface area contributed by atoms with E-state index < -0.39 is 5.60 Å². The summed E-state index contributed by atoms with van der Waals surface area (Å²) >= 11 is 3.43. The first-order chi connectivity index (χ1) is 11.3. The number of halogens is 1. The first-order valence-corrected chi connectivity index (χ1v) is 8.76. The van der Waals surface area contributed by atoms with Gasteiger partial charge in [-0.25, -0.2) is 4.79 Å². The molecule has 1 atom stereocenters. The molecule has 1 fully saturated rings. The average molecular weight is 397 g/mol. The lowest BCUT2D eigenvalue weighted by Gasteiger charge is -2.40. The Balaban J connectivity index is 1.78. The number of hydrogen-bond donors (Lipinski definition) is 0. The lowest BCUT2D eigenvalue weighted by atomic mass is 10.1. The molecule has 0 radical (unpaired) electrons. The summed E-state index contributed by atoms with van der Waals surface area (Å²) in [4.78, 5) is 28.6. The van der Waals surface area contributed by atoms with Crippen LogP contribution in [0.25, 0.3) is 0 Å². The summed E-state index contributed by atoms with van der Waals surface area (Å²) < 4.78 is 12.0. The molecule has 3 rings (SSSR count). The molecule has 0 spiro atoms. The number of piperazine rings is 1. The summed E-state index contributed by atoms with van der Waals surface area (Å²) in [6.45, 7) is 7.21. The number of amides is 2. The van der Waals surface area contributed by atoms with Gasteiger partial charge in [-0.05, 0) is 48.8 Å². The number of ether oxygens (including phenoxy) is 2. The molecule has 2 amide bonds. The molecule has 1 unspecified atom stereocenters. The molecule has 130 valence electrons. The van der Waals surface area contributed by atoms with Crippen LogP contribution < -0.4 is 4.74 Å². The fourth-order valence-corrected chi connectivity index (χ4v) is 3.44. The minimum absolute atomic E-state index is 0.0659. The topological polar surface area (TPSA) is 59.1 Å². The van der Waals surface area contributed by atoms with E-state index >= 15 is 0 Å². The first-order valence-electron chi connectivity index (χ1n) is 7.96. The standard InChI is InChI=1S/C17H21BrN2O4/c1-17(2,3)24-16(22)19-7-8-20-11(9-19)10-23-13-6-4-5-12(18)14(13)15(20)21/h4-6,11H,7-10H2,1-3H3. The van der Waals surface area contributed by atoms with E-state index in [1.807, 2.05) is 32.9 Å². The Hall–Kier alpha value is -1.76. The molecule has 0 N–H and O–H groups in total. The maximum absolute atomic E-state index is 12.9. The Kier molecular flexibility index (Phi) is 4.46. The van der Waals surface area contributed by atoms with Crippen molar-refractivity contribution in [1.82, 2.24) is 9.80 Å². The van der Waals surface area contributed by atoms with Gasteiger partial charge in [0.05, 0.1) is 11.6 Å². The Bertz CT molecular complexity index is 671. The van der Waals surface area contributed by atoms with Crippen LogP contribution in [0.1, 0.15) is 31.1 Å². The van der Waals surface area contributed by atoms with E-state index in [1.54, 1.807) is 15.9 Å². The normalized spacial score (nSPS) is 20.7. The summed E-state index contributed by atoms with van der Waals surface area (Å²) in [7, 11) is 0. The van der Waals surface area contributed by atoms with Crippen LogP contribution in [0, 0.1) is 0 Å². The summed E-state index contributed by atoms with van der Waals surface area (Å²) in [5, 5.41) is 0. The summed E-state index contributed by atoms with van der Waals surface area (Å²) in [6, 6.07) is 5.28. The highest BCUT2D eigenvalue weighted by Gasteiger charge is 2.38. The highest BCUT2D eigenvalue weighted by Crippen LogP contribution is 2.32. The number of benzene rings is 1. The van der Waals surface area contributed by atoms with Gasteiger partial charge in [-0.3, -0.25) is 4.79 Å². The molecule has 24 heavy (non-hydrogen) atoms. The molecule has 0 aliphatic carbocycles. The van der Waals surface area contributed by atoms with E-state index in [4.69, 9.17) is 9.47 Å². The molecule has 2 heterocycles. The SMILES string of the molecule is CC(C)(C)OC(=O)N1CCN2C(=O)c3c(Br)cccc3OCC2C1.